The van der Waals surface area contributed by atoms with Gasteiger partial charge in [0.25, 0.3) is 12.3 Å². The molecule has 0 aromatic carbocycles. The van der Waals surface area contributed by atoms with Crippen LogP contribution < -0.4 is 9.64 Å². The third-order valence-electron chi connectivity index (χ3n) is 4.56. The van der Waals surface area contributed by atoms with Crippen molar-refractivity contribution in [3.8, 4) is 17.0 Å². The lowest BCUT2D eigenvalue weighted by molar-refractivity contribution is -0.150. The highest BCUT2D eigenvalue weighted by molar-refractivity contribution is 6.08. The van der Waals surface area contributed by atoms with Gasteiger partial charge in [0.1, 0.15) is 11.4 Å². The van der Waals surface area contributed by atoms with Gasteiger partial charge in [0.05, 0.1) is 25.5 Å². The molecule has 0 unspecified atom stereocenters. The zero-order valence-corrected chi connectivity index (χ0v) is 17.5. The highest BCUT2D eigenvalue weighted by Crippen LogP contribution is 2.37. The quantitative estimate of drug-likeness (QED) is 0.414. The number of ether oxygens (including phenoxy) is 1. The Bertz CT molecular complexity index is 1180. The van der Waals surface area contributed by atoms with E-state index in [0.717, 1.165) is 6.20 Å². The Balaban J connectivity index is 2.21. The summed E-state index contributed by atoms with van der Waals surface area (Å²) in [7, 11) is 1.27. The molecule has 0 aliphatic carbocycles. The molecular formula is C21H14F8N4O2. The maximum atomic E-state index is 13.4. The van der Waals surface area contributed by atoms with Gasteiger partial charge in [0, 0.05) is 29.1 Å². The minimum atomic E-state index is -5.34. The number of halogens is 8. The average molecular weight is 506 g/mol. The number of methoxy groups -OCH3 is 1. The van der Waals surface area contributed by atoms with Crippen LogP contribution in [-0.2, 0) is 12.4 Å². The van der Waals surface area contributed by atoms with E-state index in [9.17, 15) is 39.9 Å². The van der Waals surface area contributed by atoms with Crippen LogP contribution in [0.2, 0.25) is 0 Å². The van der Waals surface area contributed by atoms with Crippen LogP contribution in [0.25, 0.3) is 11.1 Å². The minimum absolute atomic E-state index is 0.0204. The Hall–Kier alpha value is -3.84. The summed E-state index contributed by atoms with van der Waals surface area (Å²) in [5.41, 5.74) is -5.20. The van der Waals surface area contributed by atoms with E-state index in [1.165, 1.54) is 37.7 Å². The molecule has 3 aromatic heterocycles. The number of hydrogen-bond acceptors (Lipinski definition) is 5. The number of aromatic nitrogens is 3. The zero-order chi connectivity index (χ0) is 26.0. The molecule has 0 aliphatic heterocycles. The van der Waals surface area contributed by atoms with Gasteiger partial charge in [-0.2, -0.15) is 26.3 Å². The third kappa shape index (κ3) is 5.81. The largest absolute Gasteiger partial charge is 0.481 e. The maximum absolute atomic E-state index is 13.4. The fourth-order valence-electron chi connectivity index (χ4n) is 3.12. The number of rotatable bonds is 6. The fourth-order valence-corrected chi connectivity index (χ4v) is 3.12. The maximum Gasteiger partial charge on any atom is 0.433 e. The van der Waals surface area contributed by atoms with E-state index in [-0.39, 0.29) is 34.8 Å². The highest BCUT2D eigenvalue weighted by Gasteiger charge is 2.40. The molecule has 0 bridgehead atoms. The molecule has 3 heterocycles. The van der Waals surface area contributed by atoms with Gasteiger partial charge in [-0.15, -0.1) is 0 Å². The zero-order valence-electron chi connectivity index (χ0n) is 17.5. The van der Waals surface area contributed by atoms with Gasteiger partial charge in [-0.3, -0.25) is 9.78 Å². The Morgan fingerprint density at radius 1 is 1.00 bits per heavy atom. The number of nitrogens with zero attached hydrogens (tertiary/aromatic N) is 4. The van der Waals surface area contributed by atoms with E-state index < -0.39 is 48.2 Å². The van der Waals surface area contributed by atoms with Gasteiger partial charge in [-0.25, -0.2) is 18.7 Å². The van der Waals surface area contributed by atoms with E-state index in [1.807, 2.05) is 0 Å². The predicted molar refractivity (Wildman–Crippen MR) is 106 cm³/mol. The van der Waals surface area contributed by atoms with Crippen molar-refractivity contribution in [1.29, 1.82) is 0 Å². The van der Waals surface area contributed by atoms with Crippen molar-refractivity contribution in [1.82, 2.24) is 15.0 Å². The topological polar surface area (TPSA) is 68.2 Å². The molecule has 0 radical (unpaired) electrons. The molecule has 1 amide bonds. The van der Waals surface area contributed by atoms with Gasteiger partial charge in [0.15, 0.2) is 0 Å². The molecule has 6 nitrogen and oxygen atoms in total. The van der Waals surface area contributed by atoms with E-state index >= 15 is 0 Å². The van der Waals surface area contributed by atoms with E-state index in [1.54, 1.807) is 0 Å². The van der Waals surface area contributed by atoms with Crippen LogP contribution in [0.4, 0.5) is 40.8 Å². The van der Waals surface area contributed by atoms with Crippen LogP contribution in [0.3, 0.4) is 0 Å². The lowest BCUT2D eigenvalue weighted by atomic mass is 10.0. The van der Waals surface area contributed by atoms with Gasteiger partial charge in [-0.1, -0.05) is 0 Å². The Morgan fingerprint density at radius 2 is 1.63 bits per heavy atom. The molecule has 0 fully saturated rings. The van der Waals surface area contributed by atoms with Crippen molar-refractivity contribution in [2.24, 2.45) is 0 Å². The van der Waals surface area contributed by atoms with Crippen LogP contribution >= 0.6 is 0 Å². The fraction of sp³-hybridized carbons (Fsp3) is 0.238. The van der Waals surface area contributed by atoms with E-state index in [2.05, 4.69) is 15.0 Å². The van der Waals surface area contributed by atoms with Crippen LogP contribution in [0.5, 0.6) is 5.88 Å². The minimum Gasteiger partial charge on any atom is -0.481 e. The van der Waals surface area contributed by atoms with Crippen molar-refractivity contribution < 1.29 is 44.7 Å². The molecule has 3 rings (SSSR count). The van der Waals surface area contributed by atoms with E-state index in [4.69, 9.17) is 4.74 Å². The first-order valence-corrected chi connectivity index (χ1v) is 9.52. The second-order valence-electron chi connectivity index (χ2n) is 6.88. The third-order valence-corrected chi connectivity index (χ3v) is 4.56. The summed E-state index contributed by atoms with van der Waals surface area (Å²) < 4.78 is 111. The number of alkyl halides is 8. The summed E-state index contributed by atoms with van der Waals surface area (Å²) in [5.74, 6) is -1.53. The summed E-state index contributed by atoms with van der Waals surface area (Å²) in [6.45, 7) is -1.36. The van der Waals surface area contributed by atoms with Gasteiger partial charge >= 0.3 is 12.4 Å². The first kappa shape index (κ1) is 25.8. The van der Waals surface area contributed by atoms with Gasteiger partial charge in [0.2, 0.25) is 5.88 Å². The summed E-state index contributed by atoms with van der Waals surface area (Å²) in [5, 5.41) is 0. The Labute approximate surface area is 192 Å². The average Bonchev–Trinajstić information content (AvgIpc) is 2.80. The van der Waals surface area contributed by atoms with Crippen LogP contribution in [0, 0.1) is 0 Å². The summed E-state index contributed by atoms with van der Waals surface area (Å²) in [4.78, 5) is 23.7. The summed E-state index contributed by atoms with van der Waals surface area (Å²) in [6, 6.07) is 4.37. The Kier molecular flexibility index (Phi) is 7.22. The summed E-state index contributed by atoms with van der Waals surface area (Å²) >= 11 is 0. The molecule has 0 N–H and O–H groups in total. The number of pyridine rings is 3. The molecule has 0 saturated heterocycles. The highest BCUT2D eigenvalue weighted by atomic mass is 19.4. The van der Waals surface area contributed by atoms with Crippen LogP contribution in [0.15, 0.2) is 48.9 Å². The standard InChI is InChI=1S/C21H14F8N4O2/c1-35-18-13(3-2-5-31-18)12-4-6-30-9-14(12)33(10-17(22)23)19(34)11-7-15(20(24,25)26)32-16(8-11)21(27,28)29/h2-9,17H,10H2,1H3. The molecule has 0 spiro atoms. The van der Waals surface area contributed by atoms with Crippen molar-refractivity contribution in [3.05, 3.63) is 65.9 Å². The molecule has 14 heteroatoms. The van der Waals surface area contributed by atoms with Gasteiger partial charge < -0.3 is 9.64 Å². The first-order chi connectivity index (χ1) is 16.3. The first-order valence-electron chi connectivity index (χ1n) is 9.52. The Morgan fingerprint density at radius 3 is 2.17 bits per heavy atom. The lowest BCUT2D eigenvalue weighted by Crippen LogP contribution is -2.36. The second-order valence-corrected chi connectivity index (χ2v) is 6.88. The number of anilines is 1. The van der Waals surface area contributed by atoms with Crippen LogP contribution in [-0.4, -0.2) is 40.9 Å². The number of carbonyl (C=O) groups excluding carboxylic acids is 1. The van der Waals surface area contributed by atoms with Crippen molar-refractivity contribution in [2.75, 3.05) is 18.6 Å². The molecule has 35 heavy (non-hydrogen) atoms. The van der Waals surface area contributed by atoms with Crippen molar-refractivity contribution in [2.45, 2.75) is 18.8 Å². The van der Waals surface area contributed by atoms with Crippen molar-refractivity contribution >= 4 is 11.6 Å². The molecule has 0 saturated carbocycles. The number of amides is 1. The van der Waals surface area contributed by atoms with Crippen molar-refractivity contribution in [3.63, 3.8) is 0 Å². The monoisotopic (exact) mass is 506 g/mol. The smallest absolute Gasteiger partial charge is 0.433 e. The summed E-state index contributed by atoms with van der Waals surface area (Å²) in [6.07, 6.45) is -10.3. The second kappa shape index (κ2) is 9.80. The lowest BCUT2D eigenvalue weighted by Gasteiger charge is -2.25. The molecule has 3 aromatic rings. The number of hydrogen-bond donors (Lipinski definition) is 0. The molecule has 186 valence electrons. The normalized spacial score (nSPS) is 12.1. The van der Waals surface area contributed by atoms with Crippen LogP contribution in [0.1, 0.15) is 21.7 Å². The molecular weight excluding hydrogens is 492 g/mol. The molecule has 0 atom stereocenters. The molecule has 0 aliphatic rings. The SMILES string of the molecule is COc1ncccc1-c1ccncc1N(CC(F)F)C(=O)c1cc(C(F)(F)F)nc(C(F)(F)F)c1. The van der Waals surface area contributed by atoms with E-state index in [0.29, 0.717) is 4.90 Å². The number of carbonyl (C=O) groups is 1. The predicted octanol–water partition coefficient (Wildman–Crippen LogP) is 5.50. The van der Waals surface area contributed by atoms with Gasteiger partial charge in [-0.05, 0) is 30.3 Å².